The fourth-order valence-corrected chi connectivity index (χ4v) is 3.67. The molecule has 1 saturated heterocycles. The number of aliphatic hydroxyl groups excluding tert-OH is 1. The third-order valence-electron chi connectivity index (χ3n) is 5.01. The third kappa shape index (κ3) is 5.18. The van der Waals surface area contributed by atoms with Gasteiger partial charge in [-0.1, -0.05) is 41.9 Å². The molecule has 0 saturated carbocycles. The summed E-state index contributed by atoms with van der Waals surface area (Å²) in [6.45, 7) is 3.82. The molecule has 0 bridgehead atoms. The molecule has 1 fully saturated rings. The van der Waals surface area contributed by atoms with Crippen LogP contribution in [0.5, 0.6) is 0 Å². The Hall–Kier alpha value is -1.62. The van der Waals surface area contributed by atoms with E-state index in [2.05, 4.69) is 21.8 Å². The van der Waals surface area contributed by atoms with E-state index >= 15 is 0 Å². The summed E-state index contributed by atoms with van der Waals surface area (Å²) in [7, 11) is 2.11. The van der Waals surface area contributed by atoms with Crippen LogP contribution in [0.25, 0.3) is 0 Å². The van der Waals surface area contributed by atoms with Crippen molar-refractivity contribution in [1.29, 1.82) is 0 Å². The van der Waals surface area contributed by atoms with E-state index in [9.17, 15) is 5.11 Å². The lowest BCUT2D eigenvalue weighted by Crippen LogP contribution is -2.39. The van der Waals surface area contributed by atoms with Crippen LogP contribution in [0.3, 0.4) is 0 Å². The molecule has 1 aliphatic rings. The molecular weight excluding hydrogens is 334 g/mol. The minimum absolute atomic E-state index is 0.403. The highest BCUT2D eigenvalue weighted by atomic mass is 35.5. The molecule has 1 atom stereocenters. The Morgan fingerprint density at radius 1 is 1.24 bits per heavy atom. The molecule has 134 valence electrons. The first-order chi connectivity index (χ1) is 12.1. The Bertz CT molecular complexity index is 659. The van der Waals surface area contributed by atoms with Gasteiger partial charge in [0.25, 0.3) is 0 Å². The maximum atomic E-state index is 10.4. The standard InChI is InChI=1S/C20H26ClN3O/c1-23(18-7-10-22-20(21)13-18)14-16-8-11-24(12-9-16)15-19(25)17-5-3-2-4-6-17/h2-7,10,13,16,19,25H,8-9,11-12,14-15H2,1H3. The Morgan fingerprint density at radius 2 is 1.96 bits per heavy atom. The molecule has 0 aliphatic carbocycles. The van der Waals surface area contributed by atoms with Gasteiger partial charge in [-0.3, -0.25) is 0 Å². The Balaban J connectivity index is 1.45. The fourth-order valence-electron chi connectivity index (χ4n) is 3.50. The van der Waals surface area contributed by atoms with E-state index in [4.69, 9.17) is 11.6 Å². The van der Waals surface area contributed by atoms with Crippen molar-refractivity contribution in [3.8, 4) is 0 Å². The van der Waals surface area contributed by atoms with Gasteiger partial charge in [-0.05, 0) is 49.5 Å². The molecule has 1 unspecified atom stereocenters. The molecule has 2 heterocycles. The Kier molecular flexibility index (Phi) is 6.29. The summed E-state index contributed by atoms with van der Waals surface area (Å²) in [5.41, 5.74) is 2.11. The molecule has 0 amide bonds. The zero-order valence-corrected chi connectivity index (χ0v) is 15.4. The van der Waals surface area contributed by atoms with Crippen LogP contribution in [-0.4, -0.2) is 48.2 Å². The minimum Gasteiger partial charge on any atom is -0.387 e. The average Bonchev–Trinajstić information content (AvgIpc) is 2.64. The van der Waals surface area contributed by atoms with Crippen molar-refractivity contribution in [3.63, 3.8) is 0 Å². The second-order valence-corrected chi connectivity index (χ2v) is 7.28. The second-order valence-electron chi connectivity index (χ2n) is 6.89. The number of halogens is 1. The van der Waals surface area contributed by atoms with Gasteiger partial charge in [0.2, 0.25) is 0 Å². The maximum Gasteiger partial charge on any atom is 0.131 e. The summed E-state index contributed by atoms with van der Waals surface area (Å²) in [5.74, 6) is 0.669. The lowest BCUT2D eigenvalue weighted by atomic mass is 9.95. The van der Waals surface area contributed by atoms with E-state index in [-0.39, 0.29) is 0 Å². The number of rotatable bonds is 6. The van der Waals surface area contributed by atoms with Gasteiger partial charge in [0.15, 0.2) is 0 Å². The Labute approximate surface area is 155 Å². The van der Waals surface area contributed by atoms with Gasteiger partial charge in [-0.15, -0.1) is 0 Å². The quantitative estimate of drug-likeness (QED) is 0.800. The summed E-state index contributed by atoms with van der Waals surface area (Å²) in [6.07, 6.45) is 3.66. The van der Waals surface area contributed by atoms with Crippen molar-refractivity contribution < 1.29 is 5.11 Å². The van der Waals surface area contributed by atoms with Crippen molar-refractivity contribution in [2.75, 3.05) is 38.1 Å². The fraction of sp³-hybridized carbons (Fsp3) is 0.450. The highest BCUT2D eigenvalue weighted by molar-refractivity contribution is 6.29. The normalized spacial score (nSPS) is 17.4. The molecular formula is C20H26ClN3O. The van der Waals surface area contributed by atoms with Crippen LogP contribution in [0.1, 0.15) is 24.5 Å². The lowest BCUT2D eigenvalue weighted by molar-refractivity contribution is 0.0902. The summed E-state index contributed by atoms with van der Waals surface area (Å²) >= 11 is 5.98. The van der Waals surface area contributed by atoms with Crippen LogP contribution in [-0.2, 0) is 0 Å². The molecule has 25 heavy (non-hydrogen) atoms. The zero-order valence-electron chi connectivity index (χ0n) is 14.7. The van der Waals surface area contributed by atoms with Gasteiger partial charge in [0.05, 0.1) is 6.10 Å². The molecule has 1 N–H and O–H groups in total. The molecule has 4 nitrogen and oxygen atoms in total. The van der Waals surface area contributed by atoms with Crippen molar-refractivity contribution in [2.45, 2.75) is 18.9 Å². The van der Waals surface area contributed by atoms with E-state index in [0.29, 0.717) is 17.6 Å². The van der Waals surface area contributed by atoms with Gasteiger partial charge >= 0.3 is 0 Å². The SMILES string of the molecule is CN(CC1CCN(CC(O)c2ccccc2)CC1)c1ccnc(Cl)c1. The highest BCUT2D eigenvalue weighted by Gasteiger charge is 2.22. The van der Waals surface area contributed by atoms with Crippen LogP contribution >= 0.6 is 11.6 Å². The Morgan fingerprint density at radius 3 is 2.64 bits per heavy atom. The first kappa shape index (κ1) is 18.2. The van der Waals surface area contributed by atoms with Crippen molar-refractivity contribution in [3.05, 3.63) is 59.4 Å². The van der Waals surface area contributed by atoms with Gasteiger partial charge in [0, 0.05) is 32.0 Å². The van der Waals surface area contributed by atoms with Crippen molar-refractivity contribution in [2.24, 2.45) is 5.92 Å². The van der Waals surface area contributed by atoms with Crippen molar-refractivity contribution in [1.82, 2.24) is 9.88 Å². The van der Waals surface area contributed by atoms with Crippen LogP contribution in [0.4, 0.5) is 5.69 Å². The number of hydrogen-bond donors (Lipinski definition) is 1. The number of hydrogen-bond acceptors (Lipinski definition) is 4. The number of aliphatic hydroxyl groups is 1. The largest absolute Gasteiger partial charge is 0.387 e. The van der Waals surface area contributed by atoms with Gasteiger partial charge in [0.1, 0.15) is 5.15 Å². The smallest absolute Gasteiger partial charge is 0.131 e. The number of aromatic nitrogens is 1. The number of β-amino-alcohol motifs (C(OH)–C–C–N with tert-alkyl or cyclic N) is 1. The van der Waals surface area contributed by atoms with Crippen LogP contribution in [0, 0.1) is 5.92 Å². The van der Waals surface area contributed by atoms with Gasteiger partial charge < -0.3 is 14.9 Å². The first-order valence-electron chi connectivity index (χ1n) is 8.90. The predicted octanol–water partition coefficient (Wildman–Crippen LogP) is 3.62. The molecule has 1 aromatic heterocycles. The van der Waals surface area contributed by atoms with Gasteiger partial charge in [-0.25, -0.2) is 4.98 Å². The summed E-state index contributed by atoms with van der Waals surface area (Å²) in [5, 5.41) is 10.9. The molecule has 3 rings (SSSR count). The molecule has 2 aromatic rings. The number of piperidine rings is 1. The molecule has 1 aromatic carbocycles. The van der Waals surface area contributed by atoms with E-state index in [1.807, 2.05) is 42.5 Å². The van der Waals surface area contributed by atoms with E-state index in [0.717, 1.165) is 43.7 Å². The third-order valence-corrected chi connectivity index (χ3v) is 5.21. The van der Waals surface area contributed by atoms with Crippen LogP contribution in [0.2, 0.25) is 5.15 Å². The zero-order chi connectivity index (χ0) is 17.6. The van der Waals surface area contributed by atoms with Crippen molar-refractivity contribution >= 4 is 17.3 Å². The maximum absolute atomic E-state index is 10.4. The summed E-state index contributed by atoms with van der Waals surface area (Å²) in [6, 6.07) is 13.8. The number of benzene rings is 1. The van der Waals surface area contributed by atoms with Crippen LogP contribution < -0.4 is 4.90 Å². The first-order valence-corrected chi connectivity index (χ1v) is 9.27. The van der Waals surface area contributed by atoms with E-state index < -0.39 is 6.10 Å². The van der Waals surface area contributed by atoms with Gasteiger partial charge in [-0.2, -0.15) is 0 Å². The molecule has 0 spiro atoms. The highest BCUT2D eigenvalue weighted by Crippen LogP contribution is 2.24. The molecule has 0 radical (unpaired) electrons. The van der Waals surface area contributed by atoms with E-state index in [1.54, 1.807) is 6.20 Å². The topological polar surface area (TPSA) is 39.6 Å². The van der Waals surface area contributed by atoms with Crippen LogP contribution in [0.15, 0.2) is 48.7 Å². The predicted molar refractivity (Wildman–Crippen MR) is 103 cm³/mol. The second kappa shape index (κ2) is 8.65. The molecule has 5 heteroatoms. The minimum atomic E-state index is -0.403. The monoisotopic (exact) mass is 359 g/mol. The average molecular weight is 360 g/mol. The summed E-state index contributed by atoms with van der Waals surface area (Å²) < 4.78 is 0. The summed E-state index contributed by atoms with van der Waals surface area (Å²) in [4.78, 5) is 8.67. The number of pyridine rings is 1. The number of anilines is 1. The van der Waals surface area contributed by atoms with E-state index in [1.165, 1.54) is 0 Å². The lowest BCUT2D eigenvalue weighted by Gasteiger charge is -2.35. The number of nitrogens with zero attached hydrogens (tertiary/aromatic N) is 3. The molecule has 1 aliphatic heterocycles. The number of likely N-dealkylation sites (tertiary alicyclic amines) is 1.